The second-order valence-corrected chi connectivity index (χ2v) is 5.12. The predicted octanol–water partition coefficient (Wildman–Crippen LogP) is -0.124. The molecule has 0 saturated heterocycles. The number of carbonyl (C=O) groups is 1. The van der Waals surface area contributed by atoms with E-state index >= 15 is 0 Å². The fourth-order valence-electron chi connectivity index (χ4n) is 1.04. The van der Waals surface area contributed by atoms with E-state index in [1.54, 1.807) is 6.92 Å². The van der Waals surface area contributed by atoms with Gasteiger partial charge in [0.2, 0.25) is 10.0 Å². The van der Waals surface area contributed by atoms with Crippen LogP contribution in [-0.2, 0) is 20.6 Å². The van der Waals surface area contributed by atoms with Gasteiger partial charge in [-0.2, -0.15) is 0 Å². The minimum Gasteiger partial charge on any atom is -0.480 e. The molecule has 0 aliphatic rings. The minimum atomic E-state index is -3.72. The first-order valence-electron chi connectivity index (χ1n) is 4.45. The molecule has 0 unspecified atom stereocenters. The Hall–Kier alpha value is -1.41. The van der Waals surface area contributed by atoms with Gasteiger partial charge in [0.1, 0.15) is 23.2 Å². The van der Waals surface area contributed by atoms with Gasteiger partial charge in [-0.1, -0.05) is 5.16 Å². The van der Waals surface area contributed by atoms with Gasteiger partial charge in [-0.3, -0.25) is 4.79 Å². The number of aryl methyl sites for hydroxylation is 1. The van der Waals surface area contributed by atoms with Crippen LogP contribution in [0.15, 0.2) is 10.6 Å². The van der Waals surface area contributed by atoms with Gasteiger partial charge in [-0.25, -0.2) is 13.1 Å². The molecule has 0 aliphatic carbocycles. The lowest BCUT2D eigenvalue weighted by atomic mass is 10.4. The maximum atomic E-state index is 11.5. The fourth-order valence-corrected chi connectivity index (χ4v) is 2.29. The maximum absolute atomic E-state index is 11.5. The van der Waals surface area contributed by atoms with E-state index in [2.05, 4.69) is 5.16 Å². The monoisotopic (exact) mass is 248 g/mol. The Labute approximate surface area is 92.5 Å². The van der Waals surface area contributed by atoms with Crippen LogP contribution >= 0.6 is 0 Å². The second-order valence-electron chi connectivity index (χ2n) is 3.37. The molecule has 0 fully saturated rings. The zero-order chi connectivity index (χ0) is 12.3. The van der Waals surface area contributed by atoms with Crippen LogP contribution in [0.5, 0.6) is 0 Å². The molecular formula is C8H12N2O5S. The Morgan fingerprint density at radius 1 is 1.69 bits per heavy atom. The van der Waals surface area contributed by atoms with E-state index in [0.29, 0.717) is 5.76 Å². The van der Waals surface area contributed by atoms with Crippen molar-refractivity contribution in [1.82, 2.24) is 9.88 Å². The molecule has 1 rings (SSSR count). The van der Waals surface area contributed by atoms with Crippen molar-refractivity contribution in [3.63, 3.8) is 0 Å². The number of nitrogens with one attached hydrogen (secondary N) is 1. The van der Waals surface area contributed by atoms with E-state index < -0.39 is 27.8 Å². The Kier molecular flexibility index (Phi) is 3.66. The number of sulfonamides is 1. The summed E-state index contributed by atoms with van der Waals surface area (Å²) in [5.74, 6) is -1.14. The highest BCUT2D eigenvalue weighted by Crippen LogP contribution is 2.06. The lowest BCUT2D eigenvalue weighted by Gasteiger charge is -2.08. The Morgan fingerprint density at radius 2 is 2.31 bits per heavy atom. The molecule has 90 valence electrons. The molecule has 0 saturated carbocycles. The van der Waals surface area contributed by atoms with Crippen LogP contribution in [-0.4, -0.2) is 30.7 Å². The Bertz CT molecular complexity index is 478. The summed E-state index contributed by atoms with van der Waals surface area (Å²) in [7, 11) is -3.72. The van der Waals surface area contributed by atoms with Crippen molar-refractivity contribution in [2.45, 2.75) is 25.6 Å². The number of aromatic nitrogens is 1. The summed E-state index contributed by atoms with van der Waals surface area (Å²) in [6.45, 7) is 2.88. The minimum absolute atomic E-state index is 0.239. The van der Waals surface area contributed by atoms with Crippen LogP contribution in [0.3, 0.4) is 0 Å². The molecule has 0 spiro atoms. The summed E-state index contributed by atoms with van der Waals surface area (Å²) < 4.78 is 29.6. The van der Waals surface area contributed by atoms with Gasteiger partial charge in [0.25, 0.3) is 0 Å². The van der Waals surface area contributed by atoms with Crippen molar-refractivity contribution in [2.24, 2.45) is 0 Å². The number of carboxylic acids is 1. The highest BCUT2D eigenvalue weighted by Gasteiger charge is 2.21. The SMILES string of the molecule is Cc1cc(CS(=O)(=O)N[C@@H](C)C(=O)O)no1. The lowest BCUT2D eigenvalue weighted by molar-refractivity contribution is -0.138. The summed E-state index contributed by atoms with van der Waals surface area (Å²) in [5.41, 5.74) is 0.239. The average molecular weight is 248 g/mol. The summed E-state index contributed by atoms with van der Waals surface area (Å²) in [6, 6.07) is 0.308. The van der Waals surface area contributed by atoms with Gasteiger partial charge in [0.05, 0.1) is 0 Å². The number of rotatable bonds is 5. The van der Waals surface area contributed by atoms with Crippen LogP contribution in [0.2, 0.25) is 0 Å². The fraction of sp³-hybridized carbons (Fsp3) is 0.500. The van der Waals surface area contributed by atoms with Crippen LogP contribution in [0.25, 0.3) is 0 Å². The van der Waals surface area contributed by atoms with Crippen molar-refractivity contribution in [3.05, 3.63) is 17.5 Å². The van der Waals surface area contributed by atoms with E-state index in [1.165, 1.54) is 13.0 Å². The number of carboxylic acid groups (broad SMARTS) is 1. The molecule has 0 amide bonds. The van der Waals surface area contributed by atoms with Gasteiger partial charge in [0.15, 0.2) is 0 Å². The first-order chi connectivity index (χ1) is 7.30. The summed E-state index contributed by atoms with van der Waals surface area (Å²) in [4.78, 5) is 10.5. The zero-order valence-corrected chi connectivity index (χ0v) is 9.61. The quantitative estimate of drug-likeness (QED) is 0.751. The molecule has 0 aliphatic heterocycles. The second kappa shape index (κ2) is 4.62. The number of hydrogen-bond donors (Lipinski definition) is 2. The first kappa shape index (κ1) is 12.7. The van der Waals surface area contributed by atoms with E-state index in [-0.39, 0.29) is 5.69 Å². The molecule has 0 aromatic carbocycles. The topological polar surface area (TPSA) is 110 Å². The molecular weight excluding hydrogens is 236 g/mol. The van der Waals surface area contributed by atoms with Crippen molar-refractivity contribution in [1.29, 1.82) is 0 Å². The van der Waals surface area contributed by atoms with Crippen LogP contribution in [0.1, 0.15) is 18.4 Å². The normalized spacial score (nSPS) is 13.6. The Morgan fingerprint density at radius 3 is 2.75 bits per heavy atom. The van der Waals surface area contributed by atoms with Gasteiger partial charge in [0, 0.05) is 6.07 Å². The van der Waals surface area contributed by atoms with Crippen molar-refractivity contribution >= 4 is 16.0 Å². The third kappa shape index (κ3) is 3.63. The van der Waals surface area contributed by atoms with Gasteiger partial charge in [-0.15, -0.1) is 0 Å². The molecule has 1 atom stereocenters. The van der Waals surface area contributed by atoms with Crippen molar-refractivity contribution < 1.29 is 22.8 Å². The van der Waals surface area contributed by atoms with Crippen molar-refractivity contribution in [3.8, 4) is 0 Å². The van der Waals surface area contributed by atoms with Crippen LogP contribution < -0.4 is 4.72 Å². The molecule has 2 N–H and O–H groups in total. The van der Waals surface area contributed by atoms with Crippen LogP contribution in [0, 0.1) is 6.92 Å². The molecule has 0 bridgehead atoms. The molecule has 0 radical (unpaired) electrons. The van der Waals surface area contributed by atoms with Crippen LogP contribution in [0.4, 0.5) is 0 Å². The molecule has 1 heterocycles. The van der Waals surface area contributed by atoms with Crippen molar-refractivity contribution in [2.75, 3.05) is 0 Å². The highest BCUT2D eigenvalue weighted by atomic mass is 32.2. The standard InChI is InChI=1S/C8H12N2O5S/c1-5-3-7(9-15-5)4-16(13,14)10-6(2)8(11)12/h3,6,10H,4H2,1-2H3,(H,11,12)/t6-/m0/s1. The largest absolute Gasteiger partial charge is 0.480 e. The zero-order valence-electron chi connectivity index (χ0n) is 8.80. The number of nitrogens with zero attached hydrogens (tertiary/aromatic N) is 1. The third-order valence-corrected chi connectivity index (χ3v) is 3.13. The highest BCUT2D eigenvalue weighted by molar-refractivity contribution is 7.88. The maximum Gasteiger partial charge on any atom is 0.321 e. The first-order valence-corrected chi connectivity index (χ1v) is 6.10. The summed E-state index contributed by atoms with van der Waals surface area (Å²) >= 11 is 0. The van der Waals surface area contributed by atoms with E-state index in [9.17, 15) is 13.2 Å². The smallest absolute Gasteiger partial charge is 0.321 e. The average Bonchev–Trinajstić information content (AvgIpc) is 2.48. The Balaban J connectivity index is 2.69. The lowest BCUT2D eigenvalue weighted by Crippen LogP contribution is -2.38. The number of hydrogen-bond acceptors (Lipinski definition) is 5. The summed E-state index contributed by atoms with van der Waals surface area (Å²) in [5, 5.41) is 12.1. The third-order valence-electron chi connectivity index (χ3n) is 1.74. The van der Waals surface area contributed by atoms with Gasteiger partial charge < -0.3 is 9.63 Å². The predicted molar refractivity (Wildman–Crippen MR) is 54.1 cm³/mol. The van der Waals surface area contributed by atoms with E-state index in [4.69, 9.17) is 9.63 Å². The molecule has 16 heavy (non-hydrogen) atoms. The molecule has 7 nitrogen and oxygen atoms in total. The van der Waals surface area contributed by atoms with E-state index in [0.717, 1.165) is 0 Å². The molecule has 1 aromatic rings. The van der Waals surface area contributed by atoms with Gasteiger partial charge >= 0.3 is 5.97 Å². The number of aliphatic carboxylic acids is 1. The van der Waals surface area contributed by atoms with Gasteiger partial charge in [-0.05, 0) is 13.8 Å². The molecule has 1 aromatic heterocycles. The molecule has 8 heteroatoms. The summed E-state index contributed by atoms with van der Waals surface area (Å²) in [6.07, 6.45) is 0. The van der Waals surface area contributed by atoms with E-state index in [1.807, 2.05) is 4.72 Å².